The molecule has 0 aliphatic rings. The number of rotatable bonds is 2. The molecule has 1 atom stereocenters. The van der Waals surface area contributed by atoms with Gasteiger partial charge >= 0.3 is 5.97 Å². The number of hydrogen-bond acceptors (Lipinski definition) is 2. The van der Waals surface area contributed by atoms with Gasteiger partial charge < -0.3 is 10.2 Å². The molecule has 0 amide bonds. The molecule has 5 heteroatoms. The first kappa shape index (κ1) is 11.8. The molecular weight excluding hydrogens is 223 g/mol. The number of benzene rings is 1. The summed E-state index contributed by atoms with van der Waals surface area (Å²) in [5.41, 5.74) is -0.0617. The summed E-state index contributed by atoms with van der Waals surface area (Å²) >= 11 is 5.63. The van der Waals surface area contributed by atoms with E-state index in [1.165, 1.54) is 19.9 Å². The van der Waals surface area contributed by atoms with Crippen LogP contribution in [-0.4, -0.2) is 16.2 Å². The second-order valence-corrected chi connectivity index (χ2v) is 3.72. The van der Waals surface area contributed by atoms with Gasteiger partial charge in [0.05, 0.1) is 10.9 Å². The minimum atomic E-state index is -1.22. The predicted octanol–water partition coefficient (Wildman–Crippen LogP) is 2.68. The Morgan fingerprint density at radius 2 is 2.13 bits per heavy atom. The maximum atomic E-state index is 13.6. The van der Waals surface area contributed by atoms with Gasteiger partial charge in [-0.05, 0) is 25.5 Å². The Hall–Kier alpha value is -1.29. The first-order valence-electron chi connectivity index (χ1n) is 4.26. The molecule has 1 aromatic rings. The summed E-state index contributed by atoms with van der Waals surface area (Å²) in [7, 11) is 0. The maximum Gasteiger partial charge on any atom is 0.310 e. The number of aryl methyl sites for hydroxylation is 1. The second kappa shape index (κ2) is 4.06. The molecule has 0 heterocycles. The lowest BCUT2D eigenvalue weighted by Gasteiger charge is -2.13. The van der Waals surface area contributed by atoms with Gasteiger partial charge in [-0.15, -0.1) is 0 Å². The molecule has 0 saturated carbocycles. The van der Waals surface area contributed by atoms with E-state index in [2.05, 4.69) is 0 Å². The Labute approximate surface area is 91.1 Å². The largest absolute Gasteiger partial charge is 0.506 e. The van der Waals surface area contributed by atoms with E-state index < -0.39 is 23.5 Å². The Morgan fingerprint density at radius 3 is 2.60 bits per heavy atom. The first-order chi connectivity index (χ1) is 6.86. The van der Waals surface area contributed by atoms with E-state index in [-0.39, 0.29) is 16.1 Å². The second-order valence-electron chi connectivity index (χ2n) is 3.31. The number of carboxylic acids is 1. The van der Waals surface area contributed by atoms with Crippen molar-refractivity contribution < 1.29 is 19.4 Å². The number of phenolic OH excluding ortho intramolecular Hbond substituents is 1. The number of aliphatic carboxylic acids is 1. The number of carbonyl (C=O) groups is 1. The summed E-state index contributed by atoms with van der Waals surface area (Å²) < 4.78 is 13.6. The van der Waals surface area contributed by atoms with Crippen molar-refractivity contribution in [1.29, 1.82) is 0 Å². The standard InChI is InChI=1S/C10H10ClFO3/c1-4-3-6(11)9(13)7(8(4)12)5(2)10(14)15/h3,5,13H,1-2H3,(H,14,15). The van der Waals surface area contributed by atoms with Crippen LogP contribution in [0.15, 0.2) is 6.07 Å². The molecule has 0 aliphatic heterocycles. The molecule has 1 unspecified atom stereocenters. The van der Waals surface area contributed by atoms with Crippen LogP contribution < -0.4 is 0 Å². The van der Waals surface area contributed by atoms with Gasteiger partial charge in [0, 0.05) is 5.56 Å². The topological polar surface area (TPSA) is 57.5 Å². The Balaban J connectivity index is 3.45. The van der Waals surface area contributed by atoms with Crippen LogP contribution in [0, 0.1) is 12.7 Å². The Morgan fingerprint density at radius 1 is 1.60 bits per heavy atom. The van der Waals surface area contributed by atoms with Gasteiger partial charge in [-0.1, -0.05) is 11.6 Å². The molecule has 0 aromatic heterocycles. The van der Waals surface area contributed by atoms with E-state index >= 15 is 0 Å². The van der Waals surface area contributed by atoms with Gasteiger partial charge in [0.15, 0.2) is 0 Å². The molecular formula is C10H10ClFO3. The van der Waals surface area contributed by atoms with Gasteiger partial charge in [0.1, 0.15) is 11.6 Å². The molecule has 0 aliphatic carbocycles. The van der Waals surface area contributed by atoms with Crippen molar-refractivity contribution in [3.63, 3.8) is 0 Å². The maximum absolute atomic E-state index is 13.6. The van der Waals surface area contributed by atoms with E-state index in [1.54, 1.807) is 0 Å². The molecule has 0 spiro atoms. The number of hydrogen-bond donors (Lipinski definition) is 2. The molecule has 0 radical (unpaired) electrons. The summed E-state index contributed by atoms with van der Waals surface area (Å²) in [6, 6.07) is 1.25. The molecule has 0 fully saturated rings. The molecule has 3 nitrogen and oxygen atoms in total. The number of phenols is 1. The lowest BCUT2D eigenvalue weighted by atomic mass is 9.97. The summed E-state index contributed by atoms with van der Waals surface area (Å²) in [5.74, 6) is -3.59. The van der Waals surface area contributed by atoms with Gasteiger partial charge in [0.25, 0.3) is 0 Å². The van der Waals surface area contributed by atoms with Gasteiger partial charge in [-0.3, -0.25) is 4.79 Å². The lowest BCUT2D eigenvalue weighted by Crippen LogP contribution is -2.10. The van der Waals surface area contributed by atoms with Crippen LogP contribution in [0.2, 0.25) is 5.02 Å². The fourth-order valence-corrected chi connectivity index (χ4v) is 1.55. The highest BCUT2D eigenvalue weighted by atomic mass is 35.5. The van der Waals surface area contributed by atoms with E-state index in [9.17, 15) is 14.3 Å². The van der Waals surface area contributed by atoms with E-state index in [4.69, 9.17) is 16.7 Å². The monoisotopic (exact) mass is 232 g/mol. The van der Waals surface area contributed by atoms with Crippen LogP contribution >= 0.6 is 11.6 Å². The highest BCUT2D eigenvalue weighted by Gasteiger charge is 2.24. The molecule has 1 aromatic carbocycles. The molecule has 0 bridgehead atoms. The minimum absolute atomic E-state index is 0.0444. The molecule has 2 N–H and O–H groups in total. The zero-order chi connectivity index (χ0) is 11.7. The third-order valence-electron chi connectivity index (χ3n) is 2.21. The van der Waals surface area contributed by atoms with Crippen LogP contribution in [0.1, 0.15) is 24.0 Å². The molecule has 0 saturated heterocycles. The predicted molar refractivity (Wildman–Crippen MR) is 53.9 cm³/mol. The summed E-state index contributed by atoms with van der Waals surface area (Å²) in [5, 5.41) is 18.2. The van der Waals surface area contributed by atoms with Crippen molar-refractivity contribution in [2.45, 2.75) is 19.8 Å². The summed E-state index contributed by atoms with van der Waals surface area (Å²) in [4.78, 5) is 10.7. The van der Waals surface area contributed by atoms with Crippen molar-refractivity contribution in [2.75, 3.05) is 0 Å². The fraction of sp³-hybridized carbons (Fsp3) is 0.300. The van der Waals surface area contributed by atoms with Crippen LogP contribution in [0.25, 0.3) is 0 Å². The average molecular weight is 233 g/mol. The number of halogens is 2. The highest BCUT2D eigenvalue weighted by molar-refractivity contribution is 6.32. The quantitative estimate of drug-likeness (QED) is 0.824. The van der Waals surface area contributed by atoms with Crippen molar-refractivity contribution in [3.05, 3.63) is 28.0 Å². The van der Waals surface area contributed by atoms with E-state index in [0.29, 0.717) is 0 Å². The molecule has 1 rings (SSSR count). The molecule has 15 heavy (non-hydrogen) atoms. The Kier molecular flexibility index (Phi) is 3.19. The van der Waals surface area contributed by atoms with E-state index in [1.807, 2.05) is 0 Å². The van der Waals surface area contributed by atoms with Gasteiger partial charge in [-0.25, -0.2) is 4.39 Å². The third-order valence-corrected chi connectivity index (χ3v) is 2.50. The fourth-order valence-electron chi connectivity index (χ4n) is 1.29. The zero-order valence-corrected chi connectivity index (χ0v) is 8.97. The van der Waals surface area contributed by atoms with Crippen LogP contribution in [-0.2, 0) is 4.79 Å². The zero-order valence-electron chi connectivity index (χ0n) is 8.21. The Bertz CT molecular complexity index is 391. The normalized spacial score (nSPS) is 12.5. The SMILES string of the molecule is Cc1cc(Cl)c(O)c(C(C)C(=O)O)c1F. The van der Waals surface area contributed by atoms with Gasteiger partial charge in [-0.2, -0.15) is 0 Å². The van der Waals surface area contributed by atoms with Crippen molar-refractivity contribution in [1.82, 2.24) is 0 Å². The molecule has 82 valence electrons. The minimum Gasteiger partial charge on any atom is -0.506 e. The van der Waals surface area contributed by atoms with Crippen molar-refractivity contribution in [2.24, 2.45) is 0 Å². The first-order valence-corrected chi connectivity index (χ1v) is 4.64. The lowest BCUT2D eigenvalue weighted by molar-refractivity contribution is -0.138. The van der Waals surface area contributed by atoms with E-state index in [0.717, 1.165) is 0 Å². The highest BCUT2D eigenvalue weighted by Crippen LogP contribution is 2.36. The third kappa shape index (κ3) is 2.04. The number of aromatic hydroxyl groups is 1. The summed E-state index contributed by atoms with van der Waals surface area (Å²) in [6.07, 6.45) is 0. The van der Waals surface area contributed by atoms with Crippen molar-refractivity contribution >= 4 is 17.6 Å². The average Bonchev–Trinajstić information content (AvgIpc) is 2.15. The van der Waals surface area contributed by atoms with Crippen LogP contribution in [0.4, 0.5) is 4.39 Å². The van der Waals surface area contributed by atoms with Crippen molar-refractivity contribution in [3.8, 4) is 5.75 Å². The smallest absolute Gasteiger partial charge is 0.310 e. The van der Waals surface area contributed by atoms with Crippen LogP contribution in [0.5, 0.6) is 5.75 Å². The van der Waals surface area contributed by atoms with Crippen LogP contribution in [0.3, 0.4) is 0 Å². The number of carboxylic acid groups (broad SMARTS) is 1. The summed E-state index contributed by atoms with van der Waals surface area (Å²) in [6.45, 7) is 2.74. The van der Waals surface area contributed by atoms with Gasteiger partial charge in [0.2, 0.25) is 0 Å².